The zero-order valence-electron chi connectivity index (χ0n) is 9.17. The first-order valence-electron chi connectivity index (χ1n) is 4.67. The summed E-state index contributed by atoms with van der Waals surface area (Å²) in [4.78, 5) is 4.22. The molecule has 0 amide bonds. The molecular weight excluding hydrogens is 236 g/mol. The average molecular weight is 246 g/mol. The molecule has 86 valence electrons. The normalized spacial score (nSPS) is 10.2. The maximum Gasteiger partial charge on any atom is 0.183 e. The van der Waals surface area contributed by atoms with Gasteiger partial charge in [0.05, 0.1) is 5.69 Å². The first-order chi connectivity index (χ1) is 8.30. The molecule has 1 aromatic rings. The monoisotopic (exact) mass is 246 g/mol. The molecule has 1 aromatic carbocycles. The highest BCUT2D eigenvalue weighted by molar-refractivity contribution is 8.13. The number of amidine groups is 1. The number of benzene rings is 1. The van der Waals surface area contributed by atoms with Crippen LogP contribution in [0.3, 0.4) is 0 Å². The van der Waals surface area contributed by atoms with Crippen LogP contribution in [0.15, 0.2) is 29.3 Å². The van der Waals surface area contributed by atoms with E-state index in [-0.39, 0.29) is 6.61 Å². The first kappa shape index (κ1) is 12.9. The Bertz CT molecular complexity index is 487. The second-order valence-electron chi connectivity index (χ2n) is 2.80. The Morgan fingerprint density at radius 1 is 1.53 bits per heavy atom. The van der Waals surface area contributed by atoms with Gasteiger partial charge < -0.3 is 4.74 Å². The number of ether oxygens (including phenoxy) is 1. The first-order valence-corrected chi connectivity index (χ1v) is 5.90. The molecule has 0 bridgehead atoms. The van der Waals surface area contributed by atoms with Crippen LogP contribution in [-0.4, -0.2) is 18.0 Å². The lowest BCUT2D eigenvalue weighted by Gasteiger charge is -2.03. The van der Waals surface area contributed by atoms with Crippen LogP contribution in [0.2, 0.25) is 0 Å². The predicted octanol–water partition coefficient (Wildman–Crippen LogP) is 2.01. The summed E-state index contributed by atoms with van der Waals surface area (Å²) in [5.74, 6) is 0.574. The second-order valence-corrected chi connectivity index (χ2v) is 3.60. The molecule has 0 aliphatic rings. The number of hydrogen-bond donors (Lipinski definition) is 1. The van der Waals surface area contributed by atoms with E-state index >= 15 is 0 Å². The topological polar surface area (TPSA) is 81.2 Å². The molecule has 5 nitrogen and oxygen atoms in total. The van der Waals surface area contributed by atoms with E-state index in [0.29, 0.717) is 16.6 Å². The molecule has 0 aliphatic heterocycles. The van der Waals surface area contributed by atoms with Crippen LogP contribution in [0.4, 0.5) is 5.69 Å². The highest BCUT2D eigenvalue weighted by atomic mass is 32.2. The highest BCUT2D eigenvalue weighted by Gasteiger charge is 1.98. The van der Waals surface area contributed by atoms with Crippen molar-refractivity contribution in [2.75, 3.05) is 12.9 Å². The Morgan fingerprint density at radius 2 is 2.35 bits per heavy atom. The van der Waals surface area contributed by atoms with E-state index < -0.39 is 0 Å². The standard InChI is InChI=1S/C11H10N4OS/c1-17-11(14-8-13)15-9-3-2-4-10(7-9)16-6-5-12/h2-4,7H,6H2,1H3,(H,14,15). The number of hydrogen-bond acceptors (Lipinski definition) is 5. The zero-order valence-corrected chi connectivity index (χ0v) is 9.99. The Labute approximate surface area is 104 Å². The van der Waals surface area contributed by atoms with Crippen LogP contribution < -0.4 is 10.1 Å². The van der Waals surface area contributed by atoms with Crippen molar-refractivity contribution in [2.24, 2.45) is 4.99 Å². The summed E-state index contributed by atoms with van der Waals surface area (Å²) in [6.07, 6.45) is 3.63. The van der Waals surface area contributed by atoms with Gasteiger partial charge in [-0.1, -0.05) is 17.8 Å². The van der Waals surface area contributed by atoms with Gasteiger partial charge in [-0.25, -0.2) is 4.99 Å². The van der Waals surface area contributed by atoms with E-state index in [2.05, 4.69) is 10.3 Å². The van der Waals surface area contributed by atoms with Gasteiger partial charge in [-0.2, -0.15) is 10.5 Å². The summed E-state index contributed by atoms with van der Waals surface area (Å²) in [7, 11) is 0. The minimum Gasteiger partial charge on any atom is -0.479 e. The lowest BCUT2D eigenvalue weighted by Crippen LogP contribution is -2.12. The van der Waals surface area contributed by atoms with E-state index in [0.717, 1.165) is 0 Å². The van der Waals surface area contributed by atoms with Crippen molar-refractivity contribution >= 4 is 22.6 Å². The third-order valence-corrected chi connectivity index (χ3v) is 2.29. The van der Waals surface area contributed by atoms with Gasteiger partial charge in [0.2, 0.25) is 0 Å². The third kappa shape index (κ3) is 4.45. The summed E-state index contributed by atoms with van der Waals surface area (Å²) in [6, 6.07) is 8.89. The molecule has 17 heavy (non-hydrogen) atoms. The van der Waals surface area contributed by atoms with Crippen molar-refractivity contribution < 1.29 is 4.74 Å². The molecule has 1 N–H and O–H groups in total. The zero-order chi connectivity index (χ0) is 12.5. The van der Waals surface area contributed by atoms with Crippen LogP contribution in [0.5, 0.6) is 5.75 Å². The molecule has 0 aliphatic carbocycles. The lowest BCUT2D eigenvalue weighted by atomic mass is 10.3. The molecular formula is C11H10N4OS. The average Bonchev–Trinajstić information content (AvgIpc) is 2.36. The summed E-state index contributed by atoms with van der Waals surface area (Å²) in [6.45, 7) is -0.000994. The summed E-state index contributed by atoms with van der Waals surface area (Å²) >= 11 is 1.34. The van der Waals surface area contributed by atoms with Crippen molar-refractivity contribution in [1.29, 1.82) is 10.5 Å². The van der Waals surface area contributed by atoms with Gasteiger partial charge in [0.1, 0.15) is 11.8 Å². The minimum absolute atomic E-state index is 0.000994. The van der Waals surface area contributed by atoms with Crippen molar-refractivity contribution in [3.05, 3.63) is 24.3 Å². The fraction of sp³-hybridized carbons (Fsp3) is 0.182. The number of nitrogens with zero attached hydrogens (tertiary/aromatic N) is 3. The highest BCUT2D eigenvalue weighted by Crippen LogP contribution is 2.20. The van der Waals surface area contributed by atoms with Crippen LogP contribution in [-0.2, 0) is 0 Å². The number of aliphatic imine (C=N–C) groups is 1. The van der Waals surface area contributed by atoms with Gasteiger partial charge in [0, 0.05) is 6.07 Å². The summed E-state index contributed by atoms with van der Waals surface area (Å²) < 4.78 is 5.15. The van der Waals surface area contributed by atoms with Crippen molar-refractivity contribution in [2.45, 2.75) is 0 Å². The maximum absolute atomic E-state index is 8.50. The molecule has 0 heterocycles. The number of thioether (sulfide) groups is 1. The second kappa shape index (κ2) is 7.15. The van der Waals surface area contributed by atoms with Gasteiger partial charge in [-0.05, 0) is 18.4 Å². The largest absolute Gasteiger partial charge is 0.479 e. The third-order valence-electron chi connectivity index (χ3n) is 1.71. The Morgan fingerprint density at radius 3 is 3.00 bits per heavy atom. The lowest BCUT2D eigenvalue weighted by molar-refractivity contribution is 0.368. The Balaban J connectivity index is 2.84. The molecule has 1 rings (SSSR count). The fourth-order valence-electron chi connectivity index (χ4n) is 1.05. The van der Waals surface area contributed by atoms with Crippen molar-refractivity contribution in [3.63, 3.8) is 0 Å². The Hall–Kier alpha value is -2.18. The molecule has 0 unspecified atom stereocenters. The summed E-state index contributed by atoms with van der Waals surface area (Å²) in [5, 5.41) is 19.9. The van der Waals surface area contributed by atoms with Crippen molar-refractivity contribution in [3.8, 4) is 18.0 Å². The number of nitrogens with one attached hydrogen (secondary N) is 1. The minimum atomic E-state index is -0.000994. The predicted molar refractivity (Wildman–Crippen MR) is 66.9 cm³/mol. The van der Waals surface area contributed by atoms with E-state index in [9.17, 15) is 0 Å². The van der Waals surface area contributed by atoms with Crippen LogP contribution in [0, 0.1) is 22.8 Å². The van der Waals surface area contributed by atoms with E-state index in [1.807, 2.05) is 18.5 Å². The van der Waals surface area contributed by atoms with Gasteiger partial charge >= 0.3 is 0 Å². The maximum atomic E-state index is 8.50. The number of nitriles is 2. The molecule has 0 saturated carbocycles. The number of rotatable bonds is 3. The van der Waals surface area contributed by atoms with Crippen LogP contribution >= 0.6 is 11.8 Å². The smallest absolute Gasteiger partial charge is 0.183 e. The fourth-order valence-corrected chi connectivity index (χ4v) is 1.39. The van der Waals surface area contributed by atoms with Gasteiger partial charge in [-0.15, -0.1) is 0 Å². The molecule has 0 saturated heterocycles. The van der Waals surface area contributed by atoms with E-state index in [1.54, 1.807) is 24.3 Å². The Kier molecular flexibility index (Phi) is 5.42. The van der Waals surface area contributed by atoms with E-state index in [4.69, 9.17) is 15.3 Å². The van der Waals surface area contributed by atoms with Crippen molar-refractivity contribution in [1.82, 2.24) is 5.32 Å². The van der Waals surface area contributed by atoms with Crippen LogP contribution in [0.25, 0.3) is 0 Å². The van der Waals surface area contributed by atoms with Gasteiger partial charge in [0.15, 0.2) is 18.0 Å². The van der Waals surface area contributed by atoms with E-state index in [1.165, 1.54) is 11.8 Å². The molecule has 0 radical (unpaired) electrons. The molecule has 6 heteroatoms. The quantitative estimate of drug-likeness (QED) is 0.382. The summed E-state index contributed by atoms with van der Waals surface area (Å²) in [5.41, 5.74) is 0.660. The molecule has 0 fully saturated rings. The molecule has 0 atom stereocenters. The van der Waals surface area contributed by atoms with Gasteiger partial charge in [0.25, 0.3) is 0 Å². The molecule has 0 aromatic heterocycles. The SMILES string of the molecule is CSC(=Nc1cccc(OCC#N)c1)NC#N. The molecule has 0 spiro atoms. The van der Waals surface area contributed by atoms with Crippen LogP contribution in [0.1, 0.15) is 0 Å². The van der Waals surface area contributed by atoms with Gasteiger partial charge in [-0.3, -0.25) is 5.32 Å².